The summed E-state index contributed by atoms with van der Waals surface area (Å²) >= 11 is 0. The number of aryl methyl sites for hydroxylation is 1. The maximum atomic E-state index is 11.9. The molecule has 1 N–H and O–H groups in total. The van der Waals surface area contributed by atoms with Crippen molar-refractivity contribution in [2.24, 2.45) is 5.10 Å². The van der Waals surface area contributed by atoms with E-state index in [0.717, 1.165) is 11.1 Å². The number of nitrogens with one attached hydrogen (secondary N) is 1. The van der Waals surface area contributed by atoms with E-state index in [0.29, 0.717) is 23.0 Å². The summed E-state index contributed by atoms with van der Waals surface area (Å²) in [5.41, 5.74) is 4.84. The number of benzene rings is 2. The molecule has 0 fully saturated rings. The molecule has 0 saturated carbocycles. The van der Waals surface area contributed by atoms with Gasteiger partial charge in [0.25, 0.3) is 5.91 Å². The summed E-state index contributed by atoms with van der Waals surface area (Å²) in [5.74, 6) is 1.64. The average molecular weight is 342 g/mol. The quantitative estimate of drug-likeness (QED) is 0.620. The summed E-state index contributed by atoms with van der Waals surface area (Å²) in [6, 6.07) is 12.9. The van der Waals surface area contributed by atoms with Crippen molar-refractivity contribution in [3.63, 3.8) is 0 Å². The monoisotopic (exact) mass is 342 g/mol. The Hall–Kier alpha value is -3.02. The maximum Gasteiger partial charge on any atom is 0.277 e. The highest BCUT2D eigenvalue weighted by molar-refractivity contribution is 6.01. The number of methoxy groups -OCH3 is 2. The van der Waals surface area contributed by atoms with E-state index in [2.05, 4.69) is 10.5 Å². The fourth-order valence-corrected chi connectivity index (χ4v) is 2.20. The fraction of sp³-hybridized carbons (Fsp3) is 0.263. The molecule has 2 aromatic rings. The van der Waals surface area contributed by atoms with E-state index in [1.165, 1.54) is 0 Å². The van der Waals surface area contributed by atoms with Gasteiger partial charge < -0.3 is 14.2 Å². The van der Waals surface area contributed by atoms with Crippen LogP contribution in [0.1, 0.15) is 18.1 Å². The Bertz CT molecular complexity index is 772. The summed E-state index contributed by atoms with van der Waals surface area (Å²) in [6.07, 6.45) is 0. The molecule has 1 amide bonds. The molecular formula is C19H22N2O4. The Morgan fingerprint density at radius 2 is 1.84 bits per heavy atom. The predicted molar refractivity (Wildman–Crippen MR) is 96.6 cm³/mol. The standard InChI is InChI=1S/C19H22N2O4/c1-13-7-5-6-8-17(13)25-12-19(22)21-20-14(2)16-10-9-15(23-3)11-18(16)24-4/h5-11H,12H2,1-4H3,(H,21,22)/b20-14+. The highest BCUT2D eigenvalue weighted by Gasteiger charge is 2.09. The minimum Gasteiger partial charge on any atom is -0.497 e. The largest absolute Gasteiger partial charge is 0.497 e. The molecule has 0 saturated heterocycles. The molecule has 2 aromatic carbocycles. The van der Waals surface area contributed by atoms with Crippen molar-refractivity contribution in [1.29, 1.82) is 0 Å². The first kappa shape index (κ1) is 18.3. The fourth-order valence-electron chi connectivity index (χ4n) is 2.20. The molecule has 0 aliphatic rings. The summed E-state index contributed by atoms with van der Waals surface area (Å²) in [6.45, 7) is 3.60. The van der Waals surface area contributed by atoms with Gasteiger partial charge in [-0.15, -0.1) is 0 Å². The van der Waals surface area contributed by atoms with Crippen molar-refractivity contribution in [2.45, 2.75) is 13.8 Å². The van der Waals surface area contributed by atoms with Gasteiger partial charge in [-0.1, -0.05) is 18.2 Å². The lowest BCUT2D eigenvalue weighted by molar-refractivity contribution is -0.123. The number of amides is 1. The zero-order valence-corrected chi connectivity index (χ0v) is 14.8. The zero-order chi connectivity index (χ0) is 18.2. The summed E-state index contributed by atoms with van der Waals surface area (Å²) in [7, 11) is 3.16. The van der Waals surface area contributed by atoms with Gasteiger partial charge in [-0.05, 0) is 37.6 Å². The molecule has 0 radical (unpaired) electrons. The maximum absolute atomic E-state index is 11.9. The van der Waals surface area contributed by atoms with Crippen molar-refractivity contribution >= 4 is 11.6 Å². The van der Waals surface area contributed by atoms with E-state index >= 15 is 0 Å². The molecule has 0 aromatic heterocycles. The van der Waals surface area contributed by atoms with Gasteiger partial charge in [0.15, 0.2) is 6.61 Å². The SMILES string of the molecule is COc1ccc(/C(C)=N/NC(=O)COc2ccccc2C)c(OC)c1. The van der Waals surface area contributed by atoms with Crippen molar-refractivity contribution in [3.8, 4) is 17.2 Å². The number of ether oxygens (including phenoxy) is 3. The van der Waals surface area contributed by atoms with Gasteiger partial charge in [-0.2, -0.15) is 5.10 Å². The molecule has 0 spiro atoms. The summed E-state index contributed by atoms with van der Waals surface area (Å²) < 4.78 is 16.0. The van der Waals surface area contributed by atoms with Crippen LogP contribution in [0, 0.1) is 6.92 Å². The van der Waals surface area contributed by atoms with E-state index < -0.39 is 0 Å². The smallest absolute Gasteiger partial charge is 0.277 e. The number of rotatable bonds is 7. The first-order chi connectivity index (χ1) is 12.0. The molecule has 0 atom stereocenters. The molecule has 0 unspecified atom stereocenters. The third-order valence-electron chi connectivity index (χ3n) is 3.60. The normalized spacial score (nSPS) is 11.0. The van der Waals surface area contributed by atoms with Gasteiger partial charge in [0.2, 0.25) is 0 Å². The van der Waals surface area contributed by atoms with E-state index in [4.69, 9.17) is 14.2 Å². The van der Waals surface area contributed by atoms with Gasteiger partial charge in [0.1, 0.15) is 17.2 Å². The van der Waals surface area contributed by atoms with Crippen LogP contribution in [-0.2, 0) is 4.79 Å². The average Bonchev–Trinajstić information content (AvgIpc) is 2.64. The summed E-state index contributed by atoms with van der Waals surface area (Å²) in [5, 5.41) is 4.11. The van der Waals surface area contributed by atoms with Crippen LogP contribution in [0.5, 0.6) is 17.2 Å². The second-order valence-electron chi connectivity index (χ2n) is 5.35. The Morgan fingerprint density at radius 1 is 1.08 bits per heavy atom. The number of hydrogen-bond acceptors (Lipinski definition) is 5. The third-order valence-corrected chi connectivity index (χ3v) is 3.60. The van der Waals surface area contributed by atoms with E-state index in [1.54, 1.807) is 33.3 Å². The van der Waals surface area contributed by atoms with E-state index in [9.17, 15) is 4.79 Å². The van der Waals surface area contributed by atoms with E-state index in [-0.39, 0.29) is 12.5 Å². The number of hydrogen-bond donors (Lipinski definition) is 1. The molecule has 6 nitrogen and oxygen atoms in total. The number of carbonyl (C=O) groups excluding carboxylic acids is 1. The topological polar surface area (TPSA) is 69.2 Å². The summed E-state index contributed by atoms with van der Waals surface area (Å²) in [4.78, 5) is 11.9. The lowest BCUT2D eigenvalue weighted by Gasteiger charge is -2.11. The highest BCUT2D eigenvalue weighted by atomic mass is 16.5. The Morgan fingerprint density at radius 3 is 2.52 bits per heavy atom. The van der Waals surface area contributed by atoms with Crippen LogP contribution in [0.15, 0.2) is 47.6 Å². The molecule has 132 valence electrons. The molecule has 0 aliphatic heterocycles. The lowest BCUT2D eigenvalue weighted by Crippen LogP contribution is -2.25. The molecule has 2 rings (SSSR count). The van der Waals surface area contributed by atoms with Crippen LogP contribution < -0.4 is 19.6 Å². The lowest BCUT2D eigenvalue weighted by atomic mass is 10.1. The Labute approximate surface area is 147 Å². The minimum atomic E-state index is -0.338. The van der Waals surface area contributed by atoms with Crippen molar-refractivity contribution in [1.82, 2.24) is 5.43 Å². The second kappa shape index (κ2) is 8.73. The molecule has 25 heavy (non-hydrogen) atoms. The van der Waals surface area contributed by atoms with Gasteiger partial charge in [-0.25, -0.2) is 5.43 Å². The number of hydrazone groups is 1. The van der Waals surface area contributed by atoms with Gasteiger partial charge in [-0.3, -0.25) is 4.79 Å². The number of nitrogens with zero attached hydrogens (tertiary/aromatic N) is 1. The van der Waals surface area contributed by atoms with Crippen LogP contribution in [0.2, 0.25) is 0 Å². The zero-order valence-electron chi connectivity index (χ0n) is 14.8. The molecule has 6 heteroatoms. The van der Waals surface area contributed by atoms with Crippen molar-refractivity contribution < 1.29 is 19.0 Å². The Balaban J connectivity index is 1.98. The molecular weight excluding hydrogens is 320 g/mol. The van der Waals surface area contributed by atoms with E-state index in [1.807, 2.05) is 37.3 Å². The van der Waals surface area contributed by atoms with Gasteiger partial charge >= 0.3 is 0 Å². The van der Waals surface area contributed by atoms with Crippen molar-refractivity contribution in [2.75, 3.05) is 20.8 Å². The van der Waals surface area contributed by atoms with Crippen LogP contribution in [0.4, 0.5) is 0 Å². The predicted octanol–water partition coefficient (Wildman–Crippen LogP) is 2.93. The number of carbonyl (C=O) groups is 1. The first-order valence-electron chi connectivity index (χ1n) is 7.79. The Kier molecular flexibility index (Phi) is 6.39. The number of para-hydroxylation sites is 1. The van der Waals surface area contributed by atoms with Crippen LogP contribution in [0.25, 0.3) is 0 Å². The van der Waals surface area contributed by atoms with Crippen LogP contribution in [0.3, 0.4) is 0 Å². The van der Waals surface area contributed by atoms with Gasteiger partial charge in [0.05, 0.1) is 19.9 Å². The third kappa shape index (κ3) is 4.97. The van der Waals surface area contributed by atoms with Crippen LogP contribution >= 0.6 is 0 Å². The molecule has 0 aliphatic carbocycles. The van der Waals surface area contributed by atoms with Crippen molar-refractivity contribution in [3.05, 3.63) is 53.6 Å². The van der Waals surface area contributed by atoms with Gasteiger partial charge in [0, 0.05) is 11.6 Å². The molecule has 0 heterocycles. The van der Waals surface area contributed by atoms with Crippen LogP contribution in [-0.4, -0.2) is 32.4 Å². The minimum absolute atomic E-state index is 0.110. The first-order valence-corrected chi connectivity index (χ1v) is 7.79. The highest BCUT2D eigenvalue weighted by Crippen LogP contribution is 2.25. The molecule has 0 bridgehead atoms. The second-order valence-corrected chi connectivity index (χ2v) is 5.35.